The van der Waals surface area contributed by atoms with Crippen LogP contribution < -0.4 is 11.1 Å². The second-order valence-electron chi connectivity index (χ2n) is 2.59. The lowest BCUT2D eigenvalue weighted by molar-refractivity contribution is -0.125. The van der Waals surface area contributed by atoms with E-state index in [4.69, 9.17) is 5.73 Å². The van der Waals surface area contributed by atoms with Gasteiger partial charge in [0.25, 0.3) is 0 Å². The van der Waals surface area contributed by atoms with Crippen molar-refractivity contribution in [3.63, 3.8) is 0 Å². The third-order valence-electron chi connectivity index (χ3n) is 1.22. The van der Waals surface area contributed by atoms with E-state index in [1.165, 1.54) is 0 Å². The molecule has 2 nitrogen and oxygen atoms in total. The Bertz CT molecular complexity index is 102. The van der Waals surface area contributed by atoms with Crippen molar-refractivity contribution in [2.75, 3.05) is 19.6 Å². The van der Waals surface area contributed by atoms with Crippen LogP contribution in [0.1, 0.15) is 6.92 Å². The van der Waals surface area contributed by atoms with Gasteiger partial charge in [-0.2, -0.15) is 13.2 Å². The predicted molar refractivity (Wildman–Crippen MR) is 37.1 cm³/mol. The number of alkyl halides is 3. The molecular weight excluding hydrogens is 157 g/mol. The Labute approximate surface area is 64.0 Å². The molecule has 0 aliphatic carbocycles. The molecule has 11 heavy (non-hydrogen) atoms. The molecule has 0 aliphatic rings. The van der Waals surface area contributed by atoms with Gasteiger partial charge in [-0.15, -0.1) is 0 Å². The van der Waals surface area contributed by atoms with Crippen LogP contribution >= 0.6 is 0 Å². The molecule has 0 heterocycles. The van der Waals surface area contributed by atoms with Gasteiger partial charge in [-0.05, 0) is 19.0 Å². The van der Waals surface area contributed by atoms with E-state index in [0.717, 1.165) is 0 Å². The molecule has 0 spiro atoms. The minimum Gasteiger partial charge on any atom is -0.330 e. The van der Waals surface area contributed by atoms with E-state index >= 15 is 0 Å². The largest absolute Gasteiger partial charge is 0.401 e. The minimum absolute atomic E-state index is 0.0948. The van der Waals surface area contributed by atoms with Crippen LogP contribution in [0.15, 0.2) is 0 Å². The lowest BCUT2D eigenvalue weighted by Crippen LogP contribution is -2.33. The smallest absolute Gasteiger partial charge is 0.330 e. The van der Waals surface area contributed by atoms with Crippen molar-refractivity contribution in [1.29, 1.82) is 0 Å². The van der Waals surface area contributed by atoms with Gasteiger partial charge in [-0.1, -0.05) is 6.92 Å². The summed E-state index contributed by atoms with van der Waals surface area (Å²) >= 11 is 0. The van der Waals surface area contributed by atoms with E-state index < -0.39 is 12.7 Å². The van der Waals surface area contributed by atoms with Gasteiger partial charge < -0.3 is 11.1 Å². The normalized spacial score (nSPS) is 15.0. The summed E-state index contributed by atoms with van der Waals surface area (Å²) < 4.78 is 34.5. The quantitative estimate of drug-likeness (QED) is 0.652. The number of halogens is 3. The van der Waals surface area contributed by atoms with E-state index in [-0.39, 0.29) is 5.92 Å². The molecule has 0 saturated carbocycles. The first-order valence-electron chi connectivity index (χ1n) is 3.43. The van der Waals surface area contributed by atoms with Crippen molar-refractivity contribution < 1.29 is 13.2 Å². The van der Waals surface area contributed by atoms with Crippen molar-refractivity contribution in [2.24, 2.45) is 11.7 Å². The summed E-state index contributed by atoms with van der Waals surface area (Å²) in [5.74, 6) is 0.0948. The molecule has 0 aromatic rings. The Morgan fingerprint density at radius 3 is 2.36 bits per heavy atom. The summed E-state index contributed by atoms with van der Waals surface area (Å²) in [5.41, 5.74) is 5.20. The van der Waals surface area contributed by atoms with E-state index in [2.05, 4.69) is 5.32 Å². The van der Waals surface area contributed by atoms with E-state index in [9.17, 15) is 13.2 Å². The maximum absolute atomic E-state index is 11.5. The summed E-state index contributed by atoms with van der Waals surface area (Å²) in [6, 6.07) is 0. The van der Waals surface area contributed by atoms with Gasteiger partial charge in [-0.3, -0.25) is 0 Å². The standard InChI is InChI=1S/C6H13F3N2/c1-5(2-10)3-11-4-6(7,8)9/h5,11H,2-4,10H2,1H3. The number of hydrogen-bond donors (Lipinski definition) is 2. The Hall–Kier alpha value is -0.290. The van der Waals surface area contributed by atoms with Gasteiger partial charge in [0.1, 0.15) is 0 Å². The molecule has 0 amide bonds. The summed E-state index contributed by atoms with van der Waals surface area (Å²) in [7, 11) is 0. The molecule has 0 saturated heterocycles. The van der Waals surface area contributed by atoms with Crippen molar-refractivity contribution in [3.05, 3.63) is 0 Å². The van der Waals surface area contributed by atoms with E-state index in [1.54, 1.807) is 6.92 Å². The van der Waals surface area contributed by atoms with Crippen molar-refractivity contribution in [2.45, 2.75) is 13.1 Å². The second-order valence-corrected chi connectivity index (χ2v) is 2.59. The number of nitrogens with one attached hydrogen (secondary N) is 1. The Balaban J connectivity index is 3.28. The highest BCUT2D eigenvalue weighted by Crippen LogP contribution is 2.12. The molecule has 1 unspecified atom stereocenters. The fourth-order valence-corrected chi connectivity index (χ4v) is 0.544. The Kier molecular flexibility index (Phi) is 4.44. The zero-order valence-corrected chi connectivity index (χ0v) is 6.41. The first-order valence-corrected chi connectivity index (χ1v) is 3.43. The molecule has 1 atom stereocenters. The molecule has 68 valence electrons. The fraction of sp³-hybridized carbons (Fsp3) is 1.00. The predicted octanol–water partition coefficient (Wildman–Crippen LogP) is 0.733. The molecule has 0 fully saturated rings. The third kappa shape index (κ3) is 7.61. The van der Waals surface area contributed by atoms with Crippen LogP contribution in [0.4, 0.5) is 13.2 Å². The molecule has 0 aliphatic heterocycles. The lowest BCUT2D eigenvalue weighted by Gasteiger charge is -2.11. The first-order chi connectivity index (χ1) is 4.95. The van der Waals surface area contributed by atoms with E-state index in [1.807, 2.05) is 0 Å². The second kappa shape index (κ2) is 4.56. The Morgan fingerprint density at radius 2 is 2.00 bits per heavy atom. The summed E-state index contributed by atoms with van der Waals surface area (Å²) in [6.45, 7) is 1.58. The zero-order chi connectivity index (χ0) is 8.91. The molecular formula is C6H13F3N2. The zero-order valence-electron chi connectivity index (χ0n) is 6.41. The van der Waals surface area contributed by atoms with Crippen molar-refractivity contribution in [3.8, 4) is 0 Å². The van der Waals surface area contributed by atoms with Gasteiger partial charge in [0.2, 0.25) is 0 Å². The summed E-state index contributed by atoms with van der Waals surface area (Å²) in [5, 5.41) is 2.27. The maximum Gasteiger partial charge on any atom is 0.401 e. The topological polar surface area (TPSA) is 38.0 Å². The van der Waals surface area contributed by atoms with Crippen LogP contribution in [0.3, 0.4) is 0 Å². The average Bonchev–Trinajstić information content (AvgIpc) is 1.85. The monoisotopic (exact) mass is 170 g/mol. The molecule has 5 heteroatoms. The van der Waals surface area contributed by atoms with Crippen molar-refractivity contribution >= 4 is 0 Å². The molecule has 0 aromatic heterocycles. The fourth-order valence-electron chi connectivity index (χ4n) is 0.544. The van der Waals surface area contributed by atoms with E-state index in [0.29, 0.717) is 13.1 Å². The lowest BCUT2D eigenvalue weighted by atomic mass is 10.2. The summed E-state index contributed by atoms with van der Waals surface area (Å²) in [4.78, 5) is 0. The highest BCUT2D eigenvalue weighted by Gasteiger charge is 2.26. The van der Waals surface area contributed by atoms with Crippen LogP contribution in [0.5, 0.6) is 0 Å². The van der Waals surface area contributed by atoms with Gasteiger partial charge in [0.15, 0.2) is 0 Å². The average molecular weight is 170 g/mol. The van der Waals surface area contributed by atoms with Gasteiger partial charge in [0.05, 0.1) is 6.54 Å². The highest BCUT2D eigenvalue weighted by molar-refractivity contribution is 4.60. The van der Waals surface area contributed by atoms with Crippen LogP contribution in [0.25, 0.3) is 0 Å². The molecule has 3 N–H and O–H groups in total. The number of nitrogens with two attached hydrogens (primary N) is 1. The molecule has 0 rings (SSSR count). The van der Waals surface area contributed by atoms with Crippen LogP contribution in [0.2, 0.25) is 0 Å². The summed E-state index contributed by atoms with van der Waals surface area (Å²) in [6.07, 6.45) is -4.12. The van der Waals surface area contributed by atoms with Gasteiger partial charge in [-0.25, -0.2) is 0 Å². The highest BCUT2D eigenvalue weighted by atomic mass is 19.4. The first kappa shape index (κ1) is 10.7. The van der Waals surface area contributed by atoms with Gasteiger partial charge in [0, 0.05) is 0 Å². The maximum atomic E-state index is 11.5. The number of rotatable bonds is 4. The molecule has 0 radical (unpaired) electrons. The van der Waals surface area contributed by atoms with Gasteiger partial charge >= 0.3 is 6.18 Å². The van der Waals surface area contributed by atoms with Crippen LogP contribution in [-0.4, -0.2) is 25.8 Å². The molecule has 0 bridgehead atoms. The number of hydrogen-bond acceptors (Lipinski definition) is 2. The van der Waals surface area contributed by atoms with Crippen LogP contribution in [-0.2, 0) is 0 Å². The SMILES string of the molecule is CC(CN)CNCC(F)(F)F. The minimum atomic E-state index is -4.12. The van der Waals surface area contributed by atoms with Crippen LogP contribution in [0, 0.1) is 5.92 Å². The molecule has 0 aromatic carbocycles. The Morgan fingerprint density at radius 1 is 1.45 bits per heavy atom. The van der Waals surface area contributed by atoms with Crippen molar-refractivity contribution in [1.82, 2.24) is 5.32 Å². The third-order valence-corrected chi connectivity index (χ3v) is 1.22.